The fourth-order valence-electron chi connectivity index (χ4n) is 2.07. The molecule has 3 nitrogen and oxygen atoms in total. The van der Waals surface area contributed by atoms with E-state index in [2.05, 4.69) is 0 Å². The Labute approximate surface area is 109 Å². The fraction of sp³-hybridized carbons (Fsp3) is 0.923. The topological polar surface area (TPSA) is 52.3 Å². The van der Waals surface area contributed by atoms with Gasteiger partial charge >= 0.3 is 5.97 Å². The summed E-state index contributed by atoms with van der Waals surface area (Å²) in [5, 5.41) is 0.779. The number of rotatable bonds is 6. The average Bonchev–Trinajstić information content (AvgIpc) is 2.30. The third-order valence-corrected chi connectivity index (χ3v) is 4.65. The normalized spacial score (nSPS) is 20.9. The highest BCUT2D eigenvalue weighted by atomic mass is 32.2. The van der Waals surface area contributed by atoms with E-state index in [-0.39, 0.29) is 5.97 Å². The minimum Gasteiger partial charge on any atom is -0.465 e. The van der Waals surface area contributed by atoms with Crippen LogP contribution in [0.3, 0.4) is 0 Å². The molecule has 1 atom stereocenters. The minimum absolute atomic E-state index is 0.274. The van der Waals surface area contributed by atoms with Gasteiger partial charge in [-0.25, -0.2) is 0 Å². The molecule has 0 saturated heterocycles. The molecular weight excluding hydrogens is 234 g/mol. The molecule has 0 heterocycles. The van der Waals surface area contributed by atoms with Crippen molar-refractivity contribution in [1.82, 2.24) is 0 Å². The van der Waals surface area contributed by atoms with Crippen molar-refractivity contribution >= 4 is 17.7 Å². The molecule has 1 aliphatic rings. The second-order valence-electron chi connectivity index (χ2n) is 5.02. The molecule has 1 aliphatic carbocycles. The molecule has 0 aliphatic heterocycles. The van der Waals surface area contributed by atoms with E-state index in [0.717, 1.165) is 11.0 Å². The fourth-order valence-corrected chi connectivity index (χ4v) is 3.61. The first-order valence-electron chi connectivity index (χ1n) is 6.64. The molecule has 4 heteroatoms. The van der Waals surface area contributed by atoms with E-state index in [1.807, 2.05) is 18.7 Å². The van der Waals surface area contributed by atoms with Crippen molar-refractivity contribution in [2.24, 2.45) is 5.73 Å². The van der Waals surface area contributed by atoms with Crippen LogP contribution in [0.25, 0.3) is 0 Å². The van der Waals surface area contributed by atoms with Crippen molar-refractivity contribution in [1.29, 1.82) is 0 Å². The molecule has 0 aromatic heterocycles. The van der Waals surface area contributed by atoms with Gasteiger partial charge in [0.05, 0.1) is 6.61 Å². The van der Waals surface area contributed by atoms with E-state index in [4.69, 9.17) is 10.5 Å². The Morgan fingerprint density at radius 2 is 2.06 bits per heavy atom. The number of esters is 1. The molecule has 1 fully saturated rings. The highest BCUT2D eigenvalue weighted by Crippen LogP contribution is 2.29. The van der Waals surface area contributed by atoms with Crippen molar-refractivity contribution in [3.63, 3.8) is 0 Å². The molecule has 0 aromatic rings. The zero-order chi connectivity index (χ0) is 12.7. The van der Waals surface area contributed by atoms with Crippen molar-refractivity contribution in [3.05, 3.63) is 0 Å². The Hall–Kier alpha value is -0.220. The standard InChI is InChI=1S/C13H25NO2S/c1-3-16-12(15)13(2,14)9-10-17-11-7-5-4-6-8-11/h11H,3-10,14H2,1-2H3. The van der Waals surface area contributed by atoms with Gasteiger partial charge in [0.25, 0.3) is 0 Å². The van der Waals surface area contributed by atoms with Crippen LogP contribution in [0.15, 0.2) is 0 Å². The molecule has 100 valence electrons. The lowest BCUT2D eigenvalue weighted by atomic mass is 10.0. The summed E-state index contributed by atoms with van der Waals surface area (Å²) >= 11 is 1.97. The van der Waals surface area contributed by atoms with Crippen LogP contribution in [-0.4, -0.2) is 29.1 Å². The summed E-state index contributed by atoms with van der Waals surface area (Å²) in [6.07, 6.45) is 7.45. The van der Waals surface area contributed by atoms with Crippen molar-refractivity contribution in [2.75, 3.05) is 12.4 Å². The summed E-state index contributed by atoms with van der Waals surface area (Å²) in [5.41, 5.74) is 5.15. The van der Waals surface area contributed by atoms with Gasteiger partial charge in [-0.1, -0.05) is 19.3 Å². The van der Waals surface area contributed by atoms with Crippen LogP contribution in [-0.2, 0) is 9.53 Å². The lowest BCUT2D eigenvalue weighted by molar-refractivity contribution is -0.149. The zero-order valence-corrected chi connectivity index (χ0v) is 11.9. The first kappa shape index (κ1) is 14.8. The lowest BCUT2D eigenvalue weighted by Crippen LogP contribution is -2.46. The Morgan fingerprint density at radius 1 is 1.41 bits per heavy atom. The van der Waals surface area contributed by atoms with Gasteiger partial charge in [-0.15, -0.1) is 0 Å². The number of nitrogens with two attached hydrogens (primary N) is 1. The number of carbonyl (C=O) groups excluding carboxylic acids is 1. The first-order chi connectivity index (χ1) is 8.06. The van der Waals surface area contributed by atoms with Gasteiger partial charge in [-0.05, 0) is 38.9 Å². The van der Waals surface area contributed by atoms with Crippen LogP contribution in [0.4, 0.5) is 0 Å². The molecule has 2 N–H and O–H groups in total. The number of thioether (sulfide) groups is 1. The quantitative estimate of drug-likeness (QED) is 0.745. The summed E-state index contributed by atoms with van der Waals surface area (Å²) in [6.45, 7) is 3.98. The van der Waals surface area contributed by atoms with E-state index < -0.39 is 5.54 Å². The molecule has 1 rings (SSSR count). The van der Waals surface area contributed by atoms with E-state index in [0.29, 0.717) is 13.0 Å². The Kier molecular flexibility index (Phi) is 6.34. The van der Waals surface area contributed by atoms with E-state index in [1.165, 1.54) is 32.1 Å². The Balaban J connectivity index is 2.21. The first-order valence-corrected chi connectivity index (χ1v) is 7.69. The second kappa shape index (κ2) is 7.27. The number of ether oxygens (including phenoxy) is 1. The molecule has 1 unspecified atom stereocenters. The van der Waals surface area contributed by atoms with Gasteiger partial charge in [0.2, 0.25) is 0 Å². The number of hydrogen-bond acceptors (Lipinski definition) is 4. The molecule has 0 radical (unpaired) electrons. The van der Waals surface area contributed by atoms with Gasteiger partial charge in [-0.2, -0.15) is 11.8 Å². The molecule has 0 aromatic carbocycles. The summed E-state index contributed by atoms with van der Waals surface area (Å²) < 4.78 is 4.98. The van der Waals surface area contributed by atoms with E-state index >= 15 is 0 Å². The van der Waals surface area contributed by atoms with Crippen LogP contribution >= 0.6 is 11.8 Å². The smallest absolute Gasteiger partial charge is 0.325 e. The lowest BCUT2D eigenvalue weighted by Gasteiger charge is -2.25. The maximum Gasteiger partial charge on any atom is 0.325 e. The maximum absolute atomic E-state index is 11.6. The van der Waals surface area contributed by atoms with Gasteiger partial charge in [0.15, 0.2) is 0 Å². The van der Waals surface area contributed by atoms with Crippen molar-refractivity contribution < 1.29 is 9.53 Å². The monoisotopic (exact) mass is 259 g/mol. The van der Waals surface area contributed by atoms with Crippen LogP contribution < -0.4 is 5.73 Å². The molecule has 17 heavy (non-hydrogen) atoms. The second-order valence-corrected chi connectivity index (χ2v) is 6.43. The largest absolute Gasteiger partial charge is 0.465 e. The number of hydrogen-bond donors (Lipinski definition) is 1. The highest BCUT2D eigenvalue weighted by Gasteiger charge is 2.29. The van der Waals surface area contributed by atoms with Gasteiger partial charge < -0.3 is 10.5 Å². The van der Waals surface area contributed by atoms with Crippen LogP contribution in [0.2, 0.25) is 0 Å². The maximum atomic E-state index is 11.6. The van der Waals surface area contributed by atoms with Crippen LogP contribution in [0.5, 0.6) is 0 Å². The van der Waals surface area contributed by atoms with E-state index in [1.54, 1.807) is 6.92 Å². The highest BCUT2D eigenvalue weighted by molar-refractivity contribution is 7.99. The summed E-state index contributed by atoms with van der Waals surface area (Å²) in [6, 6.07) is 0. The molecule has 1 saturated carbocycles. The van der Waals surface area contributed by atoms with Gasteiger partial charge in [-0.3, -0.25) is 4.79 Å². The average molecular weight is 259 g/mol. The molecule has 0 spiro atoms. The predicted molar refractivity (Wildman–Crippen MR) is 73.2 cm³/mol. The van der Waals surface area contributed by atoms with Crippen molar-refractivity contribution in [3.8, 4) is 0 Å². The Bertz CT molecular complexity index is 238. The van der Waals surface area contributed by atoms with Gasteiger partial charge in [0.1, 0.15) is 5.54 Å². The van der Waals surface area contributed by atoms with Crippen LogP contribution in [0.1, 0.15) is 52.4 Å². The Morgan fingerprint density at radius 3 is 2.65 bits per heavy atom. The van der Waals surface area contributed by atoms with Gasteiger partial charge in [0, 0.05) is 5.25 Å². The molecular formula is C13H25NO2S. The minimum atomic E-state index is -0.822. The SMILES string of the molecule is CCOC(=O)C(C)(N)CCSC1CCCCC1. The predicted octanol–water partition coefficient (Wildman–Crippen LogP) is 2.72. The third-order valence-electron chi connectivity index (χ3n) is 3.27. The van der Waals surface area contributed by atoms with Crippen molar-refractivity contribution in [2.45, 2.75) is 63.2 Å². The van der Waals surface area contributed by atoms with E-state index in [9.17, 15) is 4.79 Å². The summed E-state index contributed by atoms with van der Waals surface area (Å²) in [4.78, 5) is 11.6. The molecule has 0 bridgehead atoms. The molecule has 0 amide bonds. The number of carbonyl (C=O) groups is 1. The summed E-state index contributed by atoms with van der Waals surface area (Å²) in [5.74, 6) is 0.681. The summed E-state index contributed by atoms with van der Waals surface area (Å²) in [7, 11) is 0. The van der Waals surface area contributed by atoms with Crippen LogP contribution in [0, 0.1) is 0 Å². The third kappa shape index (κ3) is 5.30. The zero-order valence-electron chi connectivity index (χ0n) is 11.0.